The lowest BCUT2D eigenvalue weighted by Crippen LogP contribution is -2.04. The van der Waals surface area contributed by atoms with Gasteiger partial charge in [-0.05, 0) is 31.5 Å². The molecule has 0 amide bonds. The Hall–Kier alpha value is -2.29. The molecule has 3 heteroatoms. The highest BCUT2D eigenvalue weighted by Crippen LogP contribution is 2.26. The zero-order valence-electron chi connectivity index (χ0n) is 12.0. The summed E-state index contributed by atoms with van der Waals surface area (Å²) in [6.45, 7) is 3.85. The average Bonchev–Trinajstić information content (AvgIpc) is 2.46. The van der Waals surface area contributed by atoms with Crippen molar-refractivity contribution in [1.29, 1.82) is 0 Å². The second-order valence-corrected chi connectivity index (χ2v) is 4.61. The average molecular weight is 270 g/mol. The number of rotatable bonds is 5. The molecule has 3 nitrogen and oxygen atoms in total. The second-order valence-electron chi connectivity index (χ2n) is 4.61. The number of methoxy groups -OCH3 is 1. The lowest BCUT2D eigenvalue weighted by molar-refractivity contribution is 0.101. The lowest BCUT2D eigenvalue weighted by atomic mass is 10.1. The van der Waals surface area contributed by atoms with E-state index in [-0.39, 0.29) is 5.78 Å². The zero-order valence-corrected chi connectivity index (χ0v) is 12.0. The molecule has 0 bridgehead atoms. The molecule has 2 aromatic carbocycles. The Balaban J connectivity index is 2.25. The molecule has 0 aromatic heterocycles. The number of Topliss-reactive ketones (excluding diaryl/α,β-unsaturated/α-hetero) is 1. The van der Waals surface area contributed by atoms with Crippen LogP contribution in [0.5, 0.6) is 11.5 Å². The van der Waals surface area contributed by atoms with Gasteiger partial charge >= 0.3 is 0 Å². The maximum absolute atomic E-state index is 11.6. The van der Waals surface area contributed by atoms with Crippen LogP contribution in [0.3, 0.4) is 0 Å². The molecule has 2 rings (SSSR count). The number of ether oxygens (including phenoxy) is 2. The van der Waals surface area contributed by atoms with Crippen LogP contribution in [0.25, 0.3) is 0 Å². The number of carbonyl (C=O) groups is 1. The van der Waals surface area contributed by atoms with E-state index in [0.29, 0.717) is 17.9 Å². The van der Waals surface area contributed by atoms with Gasteiger partial charge in [-0.15, -0.1) is 0 Å². The Morgan fingerprint density at radius 3 is 2.55 bits per heavy atom. The Morgan fingerprint density at radius 2 is 1.85 bits per heavy atom. The summed E-state index contributed by atoms with van der Waals surface area (Å²) < 4.78 is 11.2. The first-order valence-electron chi connectivity index (χ1n) is 6.48. The summed E-state index contributed by atoms with van der Waals surface area (Å²) in [4.78, 5) is 11.6. The molecule has 0 heterocycles. The molecule has 0 N–H and O–H groups in total. The van der Waals surface area contributed by atoms with Crippen molar-refractivity contribution in [3.63, 3.8) is 0 Å². The quantitative estimate of drug-likeness (QED) is 0.775. The predicted octanol–water partition coefficient (Wildman–Crippen LogP) is 3.79. The molecule has 20 heavy (non-hydrogen) atoms. The van der Waals surface area contributed by atoms with Crippen molar-refractivity contribution in [2.24, 2.45) is 0 Å². The fourth-order valence-corrected chi connectivity index (χ4v) is 2.09. The van der Waals surface area contributed by atoms with Crippen LogP contribution in [0.4, 0.5) is 0 Å². The summed E-state index contributed by atoms with van der Waals surface area (Å²) >= 11 is 0. The molecule has 0 unspecified atom stereocenters. The third kappa shape index (κ3) is 2.99. The minimum absolute atomic E-state index is 0.00345. The van der Waals surface area contributed by atoms with E-state index in [0.717, 1.165) is 16.9 Å². The highest BCUT2D eigenvalue weighted by Gasteiger charge is 2.12. The molecule has 0 saturated carbocycles. The van der Waals surface area contributed by atoms with Crippen molar-refractivity contribution in [2.75, 3.05) is 7.11 Å². The summed E-state index contributed by atoms with van der Waals surface area (Å²) in [6.07, 6.45) is 0. The van der Waals surface area contributed by atoms with Crippen LogP contribution in [0, 0.1) is 6.92 Å². The standard InChI is InChI=1S/C17H18O3/c1-12-7-6-9-15(13(2)18)17(12)20-11-14-8-4-5-10-16(14)19-3/h4-10H,11H2,1-3H3. The molecule has 0 spiro atoms. The predicted molar refractivity (Wildman–Crippen MR) is 78.5 cm³/mol. The van der Waals surface area contributed by atoms with Crippen LogP contribution in [0.1, 0.15) is 28.4 Å². The van der Waals surface area contributed by atoms with Crippen molar-refractivity contribution >= 4 is 5.78 Å². The van der Waals surface area contributed by atoms with E-state index in [9.17, 15) is 4.79 Å². The van der Waals surface area contributed by atoms with Crippen molar-refractivity contribution in [3.05, 3.63) is 59.2 Å². The summed E-state index contributed by atoms with van der Waals surface area (Å²) in [5, 5.41) is 0. The van der Waals surface area contributed by atoms with E-state index in [2.05, 4.69) is 0 Å². The van der Waals surface area contributed by atoms with Crippen LogP contribution in [-0.2, 0) is 6.61 Å². The fraction of sp³-hybridized carbons (Fsp3) is 0.235. The molecule has 104 valence electrons. The molecular weight excluding hydrogens is 252 g/mol. The van der Waals surface area contributed by atoms with Crippen molar-refractivity contribution < 1.29 is 14.3 Å². The zero-order chi connectivity index (χ0) is 14.5. The summed E-state index contributed by atoms with van der Waals surface area (Å²) in [5.74, 6) is 1.43. The number of ketones is 1. The lowest BCUT2D eigenvalue weighted by Gasteiger charge is -2.14. The van der Waals surface area contributed by atoms with Gasteiger partial charge in [-0.25, -0.2) is 0 Å². The van der Waals surface area contributed by atoms with E-state index >= 15 is 0 Å². The van der Waals surface area contributed by atoms with Crippen molar-refractivity contribution in [3.8, 4) is 11.5 Å². The number of benzene rings is 2. The van der Waals surface area contributed by atoms with Gasteiger partial charge in [0.15, 0.2) is 5.78 Å². The van der Waals surface area contributed by atoms with Crippen molar-refractivity contribution in [1.82, 2.24) is 0 Å². The van der Waals surface area contributed by atoms with Crippen LogP contribution >= 0.6 is 0 Å². The van der Waals surface area contributed by atoms with Gasteiger partial charge in [0.1, 0.15) is 18.1 Å². The summed E-state index contributed by atoms with van der Waals surface area (Å²) in [6, 6.07) is 13.3. The van der Waals surface area contributed by atoms with E-state index in [4.69, 9.17) is 9.47 Å². The third-order valence-corrected chi connectivity index (χ3v) is 3.16. The molecule has 0 saturated heterocycles. The first kappa shape index (κ1) is 14.1. The highest BCUT2D eigenvalue weighted by molar-refractivity contribution is 5.97. The molecule has 0 radical (unpaired) electrons. The molecule has 0 atom stereocenters. The van der Waals surface area contributed by atoms with Crippen LogP contribution in [0.2, 0.25) is 0 Å². The van der Waals surface area contributed by atoms with E-state index in [1.165, 1.54) is 0 Å². The minimum Gasteiger partial charge on any atom is -0.496 e. The van der Waals surface area contributed by atoms with Gasteiger partial charge in [-0.2, -0.15) is 0 Å². The van der Waals surface area contributed by atoms with Gasteiger partial charge in [0, 0.05) is 5.56 Å². The second kappa shape index (κ2) is 6.24. The molecular formula is C17H18O3. The molecule has 0 fully saturated rings. The van der Waals surface area contributed by atoms with E-state index < -0.39 is 0 Å². The Morgan fingerprint density at radius 1 is 1.10 bits per heavy atom. The van der Waals surface area contributed by atoms with Gasteiger partial charge in [0.05, 0.1) is 12.7 Å². The fourth-order valence-electron chi connectivity index (χ4n) is 2.09. The number of aryl methyl sites for hydroxylation is 1. The normalized spacial score (nSPS) is 10.2. The van der Waals surface area contributed by atoms with E-state index in [1.807, 2.05) is 43.3 Å². The van der Waals surface area contributed by atoms with Gasteiger partial charge in [-0.1, -0.05) is 30.3 Å². The number of carbonyl (C=O) groups excluding carboxylic acids is 1. The number of hydrogen-bond donors (Lipinski definition) is 0. The topological polar surface area (TPSA) is 35.5 Å². The Bertz CT molecular complexity index is 617. The van der Waals surface area contributed by atoms with Gasteiger partial charge < -0.3 is 9.47 Å². The maximum atomic E-state index is 11.6. The SMILES string of the molecule is COc1ccccc1COc1c(C)cccc1C(C)=O. The number of hydrogen-bond acceptors (Lipinski definition) is 3. The van der Waals surface area contributed by atoms with E-state index in [1.54, 1.807) is 20.1 Å². The molecule has 0 aliphatic rings. The van der Waals surface area contributed by atoms with Crippen LogP contribution in [-0.4, -0.2) is 12.9 Å². The smallest absolute Gasteiger partial charge is 0.163 e. The van der Waals surface area contributed by atoms with Crippen LogP contribution in [0.15, 0.2) is 42.5 Å². The Kier molecular flexibility index (Phi) is 4.41. The maximum Gasteiger partial charge on any atom is 0.163 e. The van der Waals surface area contributed by atoms with Gasteiger partial charge in [-0.3, -0.25) is 4.79 Å². The van der Waals surface area contributed by atoms with Crippen LogP contribution < -0.4 is 9.47 Å². The first-order valence-corrected chi connectivity index (χ1v) is 6.48. The van der Waals surface area contributed by atoms with Gasteiger partial charge in [0.25, 0.3) is 0 Å². The first-order chi connectivity index (χ1) is 9.63. The monoisotopic (exact) mass is 270 g/mol. The molecule has 2 aromatic rings. The van der Waals surface area contributed by atoms with Gasteiger partial charge in [0.2, 0.25) is 0 Å². The summed E-state index contributed by atoms with van der Waals surface area (Å²) in [5.41, 5.74) is 2.51. The molecule has 0 aliphatic heterocycles. The Labute approximate surface area is 119 Å². The highest BCUT2D eigenvalue weighted by atomic mass is 16.5. The summed E-state index contributed by atoms with van der Waals surface area (Å²) in [7, 11) is 1.63. The number of para-hydroxylation sites is 2. The third-order valence-electron chi connectivity index (χ3n) is 3.16. The largest absolute Gasteiger partial charge is 0.496 e. The molecule has 0 aliphatic carbocycles. The van der Waals surface area contributed by atoms with Crippen molar-refractivity contribution in [2.45, 2.75) is 20.5 Å². The minimum atomic E-state index is 0.00345.